The predicted molar refractivity (Wildman–Crippen MR) is 170 cm³/mol. The maximum Gasteiger partial charge on any atom is 0.231 e. The Labute approximate surface area is 252 Å². The zero-order valence-corrected chi connectivity index (χ0v) is 25.9. The quantitative estimate of drug-likeness (QED) is 0.130. The van der Waals surface area contributed by atoms with E-state index in [0.717, 1.165) is 29.5 Å². The van der Waals surface area contributed by atoms with E-state index < -0.39 is 9.84 Å². The highest BCUT2D eigenvalue weighted by molar-refractivity contribution is 7.90. The minimum atomic E-state index is -3.27. The first-order valence-corrected chi connectivity index (χ1v) is 17.6. The van der Waals surface area contributed by atoms with Crippen LogP contribution in [0.25, 0.3) is 11.1 Å². The number of carbonyl (C=O) groups is 1. The van der Waals surface area contributed by atoms with Gasteiger partial charge in [-0.3, -0.25) is 4.79 Å². The van der Waals surface area contributed by atoms with Crippen molar-refractivity contribution in [2.75, 3.05) is 13.0 Å². The highest BCUT2D eigenvalue weighted by Crippen LogP contribution is 2.39. The lowest BCUT2D eigenvalue weighted by molar-refractivity contribution is -0.118. The molecule has 0 fully saturated rings. The number of ether oxygens (including phenoxy) is 2. The largest absolute Gasteiger partial charge is 0.454 e. The van der Waals surface area contributed by atoms with E-state index in [1.165, 1.54) is 82.4 Å². The molecule has 0 aromatic heterocycles. The molecule has 0 radical (unpaired) electrons. The van der Waals surface area contributed by atoms with E-state index in [0.29, 0.717) is 24.3 Å². The predicted octanol–water partition coefficient (Wildman–Crippen LogP) is 8.91. The zero-order chi connectivity index (χ0) is 29.6. The Balaban J connectivity index is 1.09. The molecule has 0 atom stereocenters. The van der Waals surface area contributed by atoms with Gasteiger partial charge in [-0.05, 0) is 65.8 Å². The first-order chi connectivity index (χ1) is 20.4. The zero-order valence-electron chi connectivity index (χ0n) is 25.1. The molecular formula is C36H46O5S. The summed E-state index contributed by atoms with van der Waals surface area (Å²) < 4.78 is 34.9. The molecule has 0 saturated carbocycles. The standard InChI is InChI=1S/C36H46O5S/c1-42(38,39)33-23-21-30(22-24-33)34-27-36-35(40-28-41-36)26-31(34)25-32(37)20-16-11-9-7-5-3-2-4-6-8-10-13-17-29-18-14-12-15-19-29/h12,14-15,18-19,21-24,26-27H,2-11,13,16-17,20,25,28H2,1H3. The Bertz CT molecular complexity index is 1360. The number of fused-ring (bicyclic) bond motifs is 1. The molecule has 6 heteroatoms. The third-order valence-corrected chi connectivity index (χ3v) is 9.22. The minimum absolute atomic E-state index is 0.161. The molecule has 3 aromatic rings. The van der Waals surface area contributed by atoms with Gasteiger partial charge in [-0.15, -0.1) is 0 Å². The Hall–Kier alpha value is -3.12. The van der Waals surface area contributed by atoms with Crippen molar-refractivity contribution < 1.29 is 22.7 Å². The Morgan fingerprint density at radius 2 is 1.24 bits per heavy atom. The lowest BCUT2D eigenvalue weighted by Gasteiger charge is -2.12. The summed E-state index contributed by atoms with van der Waals surface area (Å²) in [7, 11) is -3.27. The fourth-order valence-corrected chi connectivity index (χ4v) is 6.28. The molecule has 0 N–H and O–H groups in total. The average Bonchev–Trinajstić information content (AvgIpc) is 3.44. The molecule has 0 spiro atoms. The van der Waals surface area contributed by atoms with Crippen LogP contribution in [0.5, 0.6) is 11.5 Å². The maximum absolute atomic E-state index is 12.9. The van der Waals surface area contributed by atoms with Gasteiger partial charge in [-0.25, -0.2) is 8.42 Å². The highest BCUT2D eigenvalue weighted by Gasteiger charge is 2.20. The van der Waals surface area contributed by atoms with E-state index in [2.05, 4.69) is 30.3 Å². The first-order valence-electron chi connectivity index (χ1n) is 15.7. The van der Waals surface area contributed by atoms with Crippen LogP contribution in [0.1, 0.15) is 94.6 Å². The Morgan fingerprint density at radius 1 is 0.690 bits per heavy atom. The summed E-state index contributed by atoms with van der Waals surface area (Å²) in [5.74, 6) is 1.51. The van der Waals surface area contributed by atoms with Gasteiger partial charge in [0.1, 0.15) is 5.78 Å². The maximum atomic E-state index is 12.9. The topological polar surface area (TPSA) is 69.7 Å². The molecule has 42 heavy (non-hydrogen) atoms. The van der Waals surface area contributed by atoms with Crippen molar-refractivity contribution in [2.24, 2.45) is 0 Å². The van der Waals surface area contributed by atoms with E-state index >= 15 is 0 Å². The summed E-state index contributed by atoms with van der Waals surface area (Å²) in [4.78, 5) is 13.2. The third-order valence-electron chi connectivity index (χ3n) is 8.09. The summed E-state index contributed by atoms with van der Waals surface area (Å²) in [6.07, 6.45) is 18.4. The molecular weight excluding hydrogens is 544 g/mol. The van der Waals surface area contributed by atoms with E-state index in [9.17, 15) is 13.2 Å². The third kappa shape index (κ3) is 10.3. The van der Waals surface area contributed by atoms with Crippen LogP contribution in [0.2, 0.25) is 0 Å². The second-order valence-electron chi connectivity index (χ2n) is 11.6. The van der Waals surface area contributed by atoms with Gasteiger partial charge in [0, 0.05) is 19.1 Å². The van der Waals surface area contributed by atoms with Crippen LogP contribution in [0.15, 0.2) is 71.6 Å². The van der Waals surface area contributed by atoms with E-state index in [1.54, 1.807) is 24.3 Å². The number of sulfone groups is 1. The first kappa shape index (κ1) is 31.8. The number of hydrogen-bond donors (Lipinski definition) is 0. The summed E-state index contributed by atoms with van der Waals surface area (Å²) in [6.45, 7) is 0.161. The molecule has 0 aliphatic carbocycles. The second-order valence-corrected chi connectivity index (χ2v) is 13.6. The molecule has 0 amide bonds. The van der Waals surface area contributed by atoms with E-state index in [1.807, 2.05) is 12.1 Å². The van der Waals surface area contributed by atoms with Crippen molar-refractivity contribution in [1.29, 1.82) is 0 Å². The van der Waals surface area contributed by atoms with Crippen molar-refractivity contribution in [2.45, 2.75) is 101 Å². The number of benzene rings is 3. The van der Waals surface area contributed by atoms with Gasteiger partial charge < -0.3 is 9.47 Å². The number of aryl methyl sites for hydroxylation is 1. The van der Waals surface area contributed by atoms with Crippen LogP contribution < -0.4 is 9.47 Å². The number of Topliss-reactive ketones (excluding diaryl/α,β-unsaturated/α-hetero) is 1. The molecule has 0 unspecified atom stereocenters. The van der Waals surface area contributed by atoms with Crippen molar-refractivity contribution >= 4 is 15.6 Å². The lowest BCUT2D eigenvalue weighted by atomic mass is 9.94. The molecule has 0 bridgehead atoms. The number of rotatable bonds is 19. The normalized spacial score (nSPS) is 12.5. The smallest absolute Gasteiger partial charge is 0.231 e. The summed E-state index contributed by atoms with van der Waals surface area (Å²) in [6, 6.07) is 21.4. The average molecular weight is 591 g/mol. The fourth-order valence-electron chi connectivity index (χ4n) is 5.65. The van der Waals surface area contributed by atoms with Gasteiger partial charge >= 0.3 is 0 Å². The number of ketones is 1. The van der Waals surface area contributed by atoms with E-state index in [4.69, 9.17) is 9.47 Å². The summed E-state index contributed by atoms with van der Waals surface area (Å²) >= 11 is 0. The molecule has 0 saturated heterocycles. The van der Waals surface area contributed by atoms with Crippen LogP contribution in [0.3, 0.4) is 0 Å². The van der Waals surface area contributed by atoms with Gasteiger partial charge in [0.2, 0.25) is 6.79 Å². The van der Waals surface area contributed by atoms with Crippen LogP contribution >= 0.6 is 0 Å². The van der Waals surface area contributed by atoms with Crippen LogP contribution in [0.4, 0.5) is 0 Å². The molecule has 1 heterocycles. The van der Waals surface area contributed by atoms with Gasteiger partial charge in [0.15, 0.2) is 21.3 Å². The fraction of sp³-hybridized carbons (Fsp3) is 0.472. The lowest BCUT2D eigenvalue weighted by Crippen LogP contribution is -2.04. The Kier molecular flexibility index (Phi) is 12.5. The number of carbonyl (C=O) groups excluding carboxylic acids is 1. The van der Waals surface area contributed by atoms with Gasteiger partial charge in [0.25, 0.3) is 0 Å². The van der Waals surface area contributed by atoms with Gasteiger partial charge in [-0.1, -0.05) is 107 Å². The van der Waals surface area contributed by atoms with Crippen LogP contribution in [-0.2, 0) is 27.5 Å². The van der Waals surface area contributed by atoms with Crippen molar-refractivity contribution in [1.82, 2.24) is 0 Å². The number of unbranched alkanes of at least 4 members (excludes halogenated alkanes) is 11. The SMILES string of the molecule is CS(=O)(=O)c1ccc(-c2cc3c(cc2CC(=O)CCCCCCCCCCCCCCc2ccccc2)OCO3)cc1. The highest BCUT2D eigenvalue weighted by atomic mass is 32.2. The van der Waals surface area contributed by atoms with Crippen molar-refractivity contribution in [3.05, 3.63) is 77.9 Å². The van der Waals surface area contributed by atoms with Gasteiger partial charge in [0.05, 0.1) is 4.90 Å². The van der Waals surface area contributed by atoms with E-state index in [-0.39, 0.29) is 17.5 Å². The molecule has 3 aromatic carbocycles. The Morgan fingerprint density at radius 3 is 1.83 bits per heavy atom. The molecule has 226 valence electrons. The molecule has 5 nitrogen and oxygen atoms in total. The van der Waals surface area contributed by atoms with Crippen molar-refractivity contribution in [3.8, 4) is 22.6 Å². The number of hydrogen-bond acceptors (Lipinski definition) is 5. The summed E-state index contributed by atoms with van der Waals surface area (Å²) in [5, 5.41) is 0. The second kappa shape index (κ2) is 16.5. The van der Waals surface area contributed by atoms with Crippen LogP contribution in [0, 0.1) is 0 Å². The molecule has 1 aliphatic rings. The summed E-state index contributed by atoms with van der Waals surface area (Å²) in [5.41, 5.74) is 4.07. The molecule has 1 aliphatic heterocycles. The van der Waals surface area contributed by atoms with Crippen molar-refractivity contribution in [3.63, 3.8) is 0 Å². The minimum Gasteiger partial charge on any atom is -0.454 e. The van der Waals surface area contributed by atoms with Gasteiger partial charge in [-0.2, -0.15) is 0 Å². The molecule has 4 rings (SSSR count). The van der Waals surface area contributed by atoms with Crippen LogP contribution in [-0.4, -0.2) is 27.2 Å². The monoisotopic (exact) mass is 590 g/mol.